The Morgan fingerprint density at radius 2 is 1.88 bits per heavy atom. The Kier molecular flexibility index (Phi) is 6.69. The molecule has 1 fully saturated rings. The molecule has 0 bridgehead atoms. The van der Waals surface area contributed by atoms with Crippen molar-refractivity contribution in [1.82, 2.24) is 5.32 Å². The van der Waals surface area contributed by atoms with Crippen LogP contribution < -0.4 is 5.32 Å². The van der Waals surface area contributed by atoms with Crippen LogP contribution in [0, 0.1) is 11.8 Å². The molecule has 0 unspecified atom stereocenters. The van der Waals surface area contributed by atoms with Crippen LogP contribution in [0.25, 0.3) is 0 Å². The Hall–Kier alpha value is -1.85. The van der Waals surface area contributed by atoms with Gasteiger partial charge >= 0.3 is 0 Å². The lowest BCUT2D eigenvalue weighted by atomic mass is 9.77. The summed E-state index contributed by atoms with van der Waals surface area (Å²) in [4.78, 5) is 12.1. The summed E-state index contributed by atoms with van der Waals surface area (Å²) < 4.78 is 11.8. The number of amides is 1. The maximum Gasteiger partial charge on any atom is 0.285 e. The summed E-state index contributed by atoms with van der Waals surface area (Å²) in [6.45, 7) is 0.463. The highest BCUT2D eigenvalue weighted by Crippen LogP contribution is 2.37. The predicted molar refractivity (Wildman–Crippen MR) is 98.9 cm³/mol. The minimum absolute atomic E-state index is 0.0379. The zero-order valence-corrected chi connectivity index (χ0v) is 15.4. The van der Waals surface area contributed by atoms with E-state index in [9.17, 15) is 4.79 Å². The third-order valence-corrected chi connectivity index (χ3v) is 5.44. The molecule has 3 rings (SSSR count). The van der Waals surface area contributed by atoms with Crippen molar-refractivity contribution in [2.45, 2.75) is 58.0 Å². The van der Waals surface area contributed by atoms with Crippen molar-refractivity contribution in [2.75, 3.05) is 7.05 Å². The third-order valence-electron chi connectivity index (χ3n) is 5.44. The number of rotatable bonds is 6. The van der Waals surface area contributed by atoms with Crippen molar-refractivity contribution < 1.29 is 19.4 Å². The molecule has 1 heterocycles. The molecule has 2 aliphatic rings. The van der Waals surface area contributed by atoms with Gasteiger partial charge in [0, 0.05) is 13.5 Å². The summed E-state index contributed by atoms with van der Waals surface area (Å²) in [5.41, 5.74) is 1.90. The van der Waals surface area contributed by atoms with Crippen LogP contribution in [-0.4, -0.2) is 24.4 Å². The summed E-state index contributed by atoms with van der Waals surface area (Å²) in [5, 5.41) is 11.8. The normalized spacial score (nSPS) is 23.8. The summed E-state index contributed by atoms with van der Waals surface area (Å²) in [6.07, 6.45) is 8.69. The number of carbonyl (C=O) groups is 1. The maximum absolute atomic E-state index is 12.1. The fraction of sp³-hybridized carbons (Fsp3) is 0.571. The van der Waals surface area contributed by atoms with Crippen LogP contribution in [0.3, 0.4) is 0 Å². The highest BCUT2D eigenvalue weighted by atomic mass is 16.7. The molecular weight excluding hydrogens is 330 g/mol. The molecule has 0 spiro atoms. The number of aliphatic hydroxyl groups is 1. The van der Waals surface area contributed by atoms with E-state index in [4.69, 9.17) is 14.6 Å². The molecule has 1 aromatic carbocycles. The second kappa shape index (κ2) is 9.19. The number of hydrogen-bond donors (Lipinski definition) is 2. The Labute approximate surface area is 155 Å². The van der Waals surface area contributed by atoms with Crippen LogP contribution in [0.4, 0.5) is 0 Å². The van der Waals surface area contributed by atoms with Gasteiger partial charge in [0.15, 0.2) is 5.76 Å². The molecular formula is C21H29NO4. The number of allylic oxidation sites excluding steroid dienone is 1. The number of carbonyl (C=O) groups excluding carboxylic acids is 1. The number of aliphatic hydroxyl groups excluding tert-OH is 1. The Morgan fingerprint density at radius 1 is 1.19 bits per heavy atom. The van der Waals surface area contributed by atoms with E-state index >= 15 is 0 Å². The van der Waals surface area contributed by atoms with E-state index in [1.165, 1.54) is 32.1 Å². The molecule has 142 valence electrons. The van der Waals surface area contributed by atoms with Crippen LogP contribution in [0.5, 0.6) is 0 Å². The molecule has 0 aromatic heterocycles. The first kappa shape index (κ1) is 18.9. The first-order valence-corrected chi connectivity index (χ1v) is 9.60. The second-order valence-electron chi connectivity index (χ2n) is 7.24. The van der Waals surface area contributed by atoms with Gasteiger partial charge in [0.2, 0.25) is 6.29 Å². The summed E-state index contributed by atoms with van der Waals surface area (Å²) in [5.74, 6) is 1.14. The highest BCUT2D eigenvalue weighted by molar-refractivity contribution is 5.91. The molecule has 1 aliphatic heterocycles. The van der Waals surface area contributed by atoms with Gasteiger partial charge in [-0.05, 0) is 41.9 Å². The highest BCUT2D eigenvalue weighted by Gasteiger charge is 2.32. The molecule has 1 amide bonds. The van der Waals surface area contributed by atoms with Gasteiger partial charge in [-0.1, -0.05) is 43.5 Å². The molecule has 26 heavy (non-hydrogen) atoms. The SMILES string of the molecule is CNC(=O)C1=C[C@@H](C2CCCCC2)C[C@@H](OCc2ccc(CO)cc2)O1. The molecule has 1 aliphatic carbocycles. The van der Waals surface area contributed by atoms with E-state index in [0.29, 0.717) is 24.2 Å². The van der Waals surface area contributed by atoms with Gasteiger partial charge in [-0.2, -0.15) is 0 Å². The van der Waals surface area contributed by atoms with Gasteiger partial charge in [0.05, 0.1) is 13.2 Å². The van der Waals surface area contributed by atoms with Gasteiger partial charge in [0.25, 0.3) is 5.91 Å². The van der Waals surface area contributed by atoms with E-state index in [2.05, 4.69) is 5.32 Å². The lowest BCUT2D eigenvalue weighted by molar-refractivity contribution is -0.155. The van der Waals surface area contributed by atoms with E-state index < -0.39 is 6.29 Å². The van der Waals surface area contributed by atoms with Crippen LogP contribution in [0.2, 0.25) is 0 Å². The lowest BCUT2D eigenvalue weighted by Gasteiger charge is -2.35. The average molecular weight is 359 g/mol. The smallest absolute Gasteiger partial charge is 0.285 e. The third kappa shape index (κ3) is 4.86. The Balaban J connectivity index is 1.64. The zero-order valence-electron chi connectivity index (χ0n) is 15.4. The van der Waals surface area contributed by atoms with Crippen molar-refractivity contribution in [3.05, 3.63) is 47.2 Å². The number of ether oxygens (including phenoxy) is 2. The first-order chi connectivity index (χ1) is 12.7. The van der Waals surface area contributed by atoms with Gasteiger partial charge in [-0.15, -0.1) is 0 Å². The predicted octanol–water partition coefficient (Wildman–Crippen LogP) is 3.27. The quantitative estimate of drug-likeness (QED) is 0.818. The second-order valence-corrected chi connectivity index (χ2v) is 7.24. The summed E-state index contributed by atoms with van der Waals surface area (Å²) >= 11 is 0. The monoisotopic (exact) mass is 359 g/mol. The molecule has 1 aromatic rings. The Bertz CT molecular complexity index is 619. The van der Waals surface area contributed by atoms with E-state index in [-0.39, 0.29) is 12.5 Å². The molecule has 5 nitrogen and oxygen atoms in total. The Morgan fingerprint density at radius 3 is 2.54 bits per heavy atom. The summed E-state index contributed by atoms with van der Waals surface area (Å²) in [6, 6.07) is 7.67. The molecule has 0 saturated heterocycles. The topological polar surface area (TPSA) is 67.8 Å². The average Bonchev–Trinajstić information content (AvgIpc) is 2.72. The van der Waals surface area contributed by atoms with Gasteiger partial charge < -0.3 is 19.9 Å². The van der Waals surface area contributed by atoms with Crippen LogP contribution >= 0.6 is 0 Å². The van der Waals surface area contributed by atoms with Gasteiger partial charge in [-0.25, -0.2) is 0 Å². The first-order valence-electron chi connectivity index (χ1n) is 9.60. The van der Waals surface area contributed by atoms with Crippen LogP contribution in [0.15, 0.2) is 36.1 Å². The van der Waals surface area contributed by atoms with Crippen LogP contribution in [0.1, 0.15) is 49.7 Å². The summed E-state index contributed by atoms with van der Waals surface area (Å²) in [7, 11) is 1.62. The number of likely N-dealkylation sites (N-methyl/N-ethyl adjacent to an activating group) is 1. The fourth-order valence-corrected chi connectivity index (χ4v) is 3.89. The van der Waals surface area contributed by atoms with E-state index in [0.717, 1.165) is 17.5 Å². The van der Waals surface area contributed by atoms with Crippen molar-refractivity contribution in [3.8, 4) is 0 Å². The standard InChI is InChI=1S/C21H29NO4/c1-22-21(24)19-11-18(17-5-3-2-4-6-17)12-20(26-19)25-14-16-9-7-15(13-23)8-10-16/h7-11,17-18,20,23H,2-6,12-14H2,1H3,(H,22,24)/t18-,20+/m1/s1. The lowest BCUT2D eigenvalue weighted by Crippen LogP contribution is -2.34. The molecule has 1 saturated carbocycles. The minimum Gasteiger partial charge on any atom is -0.459 e. The fourth-order valence-electron chi connectivity index (χ4n) is 3.89. The maximum atomic E-state index is 12.1. The molecule has 0 radical (unpaired) electrons. The van der Waals surface area contributed by atoms with Gasteiger partial charge in [-0.3, -0.25) is 4.79 Å². The van der Waals surface area contributed by atoms with Crippen molar-refractivity contribution in [2.24, 2.45) is 11.8 Å². The zero-order chi connectivity index (χ0) is 18.4. The minimum atomic E-state index is -0.406. The number of hydrogen-bond acceptors (Lipinski definition) is 4. The molecule has 5 heteroatoms. The van der Waals surface area contributed by atoms with E-state index in [1.54, 1.807) is 7.05 Å². The largest absolute Gasteiger partial charge is 0.459 e. The number of nitrogens with one attached hydrogen (secondary N) is 1. The van der Waals surface area contributed by atoms with Crippen molar-refractivity contribution >= 4 is 5.91 Å². The van der Waals surface area contributed by atoms with Gasteiger partial charge in [0.1, 0.15) is 0 Å². The van der Waals surface area contributed by atoms with E-state index in [1.807, 2.05) is 30.3 Å². The van der Waals surface area contributed by atoms with Crippen LogP contribution in [-0.2, 0) is 27.5 Å². The number of benzene rings is 1. The molecule has 2 N–H and O–H groups in total. The van der Waals surface area contributed by atoms with Crippen molar-refractivity contribution in [1.29, 1.82) is 0 Å². The molecule has 2 atom stereocenters. The van der Waals surface area contributed by atoms with Crippen molar-refractivity contribution in [3.63, 3.8) is 0 Å².